The van der Waals surface area contributed by atoms with Gasteiger partial charge in [0, 0.05) is 17.8 Å². The quantitative estimate of drug-likeness (QED) is 0.656. The van der Waals surface area contributed by atoms with E-state index in [0.29, 0.717) is 23.6 Å². The van der Waals surface area contributed by atoms with Crippen molar-refractivity contribution in [2.75, 3.05) is 11.9 Å². The van der Waals surface area contributed by atoms with E-state index < -0.39 is 5.97 Å². The van der Waals surface area contributed by atoms with E-state index >= 15 is 0 Å². The number of aryl methyl sites for hydroxylation is 1. The molecule has 108 valence electrons. The lowest BCUT2D eigenvalue weighted by Crippen LogP contribution is -2.24. The van der Waals surface area contributed by atoms with Gasteiger partial charge in [-0.2, -0.15) is 0 Å². The first-order valence-electron chi connectivity index (χ1n) is 6.94. The van der Waals surface area contributed by atoms with Crippen LogP contribution in [0.25, 0.3) is 0 Å². The lowest BCUT2D eigenvalue weighted by molar-refractivity contribution is -0.120. The molecule has 5 heteroatoms. The van der Waals surface area contributed by atoms with Gasteiger partial charge >= 0.3 is 5.97 Å². The average molecular weight is 276 g/mol. The molecule has 0 aromatic carbocycles. The predicted molar refractivity (Wildman–Crippen MR) is 76.6 cm³/mol. The molecule has 1 unspecified atom stereocenters. The summed E-state index contributed by atoms with van der Waals surface area (Å²) in [7, 11) is 0. The zero-order chi connectivity index (χ0) is 14.5. The standard InChI is InChI=1S/C15H20N2O3/c1-3-20-15(19)13-10(2)16-9-12(13)17-14(18)11-7-5-4-6-8-11/h4-5,9,11,16H,3,6-8H2,1-2H3,(H,17,18). The number of hydrogen-bond donors (Lipinski definition) is 2. The molecule has 0 bridgehead atoms. The highest BCUT2D eigenvalue weighted by Gasteiger charge is 2.23. The van der Waals surface area contributed by atoms with Crippen molar-refractivity contribution >= 4 is 17.6 Å². The average Bonchev–Trinajstić information content (AvgIpc) is 2.81. The highest BCUT2D eigenvalue weighted by Crippen LogP contribution is 2.24. The van der Waals surface area contributed by atoms with Gasteiger partial charge in [0.15, 0.2) is 0 Å². The lowest BCUT2D eigenvalue weighted by atomic mass is 9.93. The lowest BCUT2D eigenvalue weighted by Gasteiger charge is -2.17. The van der Waals surface area contributed by atoms with E-state index in [1.807, 2.05) is 6.08 Å². The summed E-state index contributed by atoms with van der Waals surface area (Å²) in [5.41, 5.74) is 1.61. The molecule has 2 N–H and O–H groups in total. The first kappa shape index (κ1) is 14.4. The van der Waals surface area contributed by atoms with Gasteiger partial charge < -0.3 is 15.0 Å². The van der Waals surface area contributed by atoms with Crippen LogP contribution in [0.5, 0.6) is 0 Å². The highest BCUT2D eigenvalue weighted by molar-refractivity contribution is 6.02. The van der Waals surface area contributed by atoms with Crippen LogP contribution in [0.15, 0.2) is 18.3 Å². The maximum absolute atomic E-state index is 12.2. The molecule has 0 aliphatic heterocycles. The molecule has 20 heavy (non-hydrogen) atoms. The minimum atomic E-state index is -0.412. The number of nitrogens with one attached hydrogen (secondary N) is 2. The van der Waals surface area contributed by atoms with Gasteiger partial charge in [0.05, 0.1) is 12.3 Å². The molecule has 1 amide bonds. The summed E-state index contributed by atoms with van der Waals surface area (Å²) in [6.07, 6.45) is 8.29. The van der Waals surface area contributed by atoms with E-state index in [1.54, 1.807) is 20.0 Å². The number of carbonyl (C=O) groups excluding carboxylic acids is 2. The fourth-order valence-electron chi connectivity index (χ4n) is 2.36. The van der Waals surface area contributed by atoms with Crippen LogP contribution in [0.1, 0.15) is 42.2 Å². The number of carbonyl (C=O) groups is 2. The second kappa shape index (κ2) is 6.41. The monoisotopic (exact) mass is 276 g/mol. The van der Waals surface area contributed by atoms with Crippen molar-refractivity contribution in [3.8, 4) is 0 Å². The maximum Gasteiger partial charge on any atom is 0.342 e. The molecule has 0 spiro atoms. The fourth-order valence-corrected chi connectivity index (χ4v) is 2.36. The number of aromatic nitrogens is 1. The van der Waals surface area contributed by atoms with E-state index in [4.69, 9.17) is 4.74 Å². The molecule has 1 atom stereocenters. The Morgan fingerprint density at radius 3 is 2.90 bits per heavy atom. The molecular weight excluding hydrogens is 256 g/mol. The van der Waals surface area contributed by atoms with Crippen LogP contribution in [-0.2, 0) is 9.53 Å². The molecule has 0 fully saturated rings. The van der Waals surface area contributed by atoms with Gasteiger partial charge in [-0.05, 0) is 33.1 Å². The van der Waals surface area contributed by atoms with Crippen molar-refractivity contribution in [3.05, 3.63) is 29.6 Å². The molecule has 1 aliphatic carbocycles. The summed E-state index contributed by atoms with van der Waals surface area (Å²) in [6.45, 7) is 3.85. The normalized spacial score (nSPS) is 17.8. The third kappa shape index (κ3) is 3.10. The van der Waals surface area contributed by atoms with Gasteiger partial charge in [-0.25, -0.2) is 4.79 Å². The van der Waals surface area contributed by atoms with Crippen molar-refractivity contribution in [1.29, 1.82) is 0 Å². The van der Waals surface area contributed by atoms with Gasteiger partial charge in [0.2, 0.25) is 5.91 Å². The van der Waals surface area contributed by atoms with E-state index in [2.05, 4.69) is 16.4 Å². The third-order valence-electron chi connectivity index (χ3n) is 3.45. The highest BCUT2D eigenvalue weighted by atomic mass is 16.5. The van der Waals surface area contributed by atoms with Crippen molar-refractivity contribution in [2.24, 2.45) is 5.92 Å². The number of amides is 1. The Morgan fingerprint density at radius 1 is 1.45 bits per heavy atom. The van der Waals surface area contributed by atoms with Crippen LogP contribution in [0, 0.1) is 12.8 Å². The molecule has 0 saturated carbocycles. The van der Waals surface area contributed by atoms with E-state index in [0.717, 1.165) is 19.3 Å². The maximum atomic E-state index is 12.2. The number of allylic oxidation sites excluding steroid dienone is 2. The summed E-state index contributed by atoms with van der Waals surface area (Å²) in [4.78, 5) is 27.1. The second-order valence-corrected chi connectivity index (χ2v) is 4.89. The Balaban J connectivity index is 2.11. The van der Waals surface area contributed by atoms with Crippen LogP contribution < -0.4 is 5.32 Å². The Morgan fingerprint density at radius 2 is 2.25 bits per heavy atom. The van der Waals surface area contributed by atoms with Gasteiger partial charge in [0.1, 0.15) is 5.56 Å². The number of hydrogen-bond acceptors (Lipinski definition) is 3. The fraction of sp³-hybridized carbons (Fsp3) is 0.467. The Labute approximate surface area is 118 Å². The second-order valence-electron chi connectivity index (χ2n) is 4.89. The van der Waals surface area contributed by atoms with Crippen LogP contribution in [0.3, 0.4) is 0 Å². The minimum absolute atomic E-state index is 0.0229. The van der Waals surface area contributed by atoms with Crippen LogP contribution >= 0.6 is 0 Å². The van der Waals surface area contributed by atoms with Crippen molar-refractivity contribution in [2.45, 2.75) is 33.1 Å². The summed E-state index contributed by atoms with van der Waals surface area (Å²) >= 11 is 0. The first-order chi connectivity index (χ1) is 9.63. The number of H-pyrrole nitrogens is 1. The predicted octanol–water partition coefficient (Wildman–Crippen LogP) is 2.79. The molecule has 2 rings (SSSR count). The Hall–Kier alpha value is -2.04. The zero-order valence-corrected chi connectivity index (χ0v) is 11.9. The smallest absolute Gasteiger partial charge is 0.342 e. The minimum Gasteiger partial charge on any atom is -0.462 e. The van der Waals surface area contributed by atoms with Crippen molar-refractivity contribution < 1.29 is 14.3 Å². The number of esters is 1. The largest absolute Gasteiger partial charge is 0.462 e. The first-order valence-corrected chi connectivity index (χ1v) is 6.94. The molecule has 0 saturated heterocycles. The molecule has 1 heterocycles. The van der Waals surface area contributed by atoms with Crippen LogP contribution in [-0.4, -0.2) is 23.5 Å². The van der Waals surface area contributed by atoms with Gasteiger partial charge in [-0.1, -0.05) is 12.2 Å². The van der Waals surface area contributed by atoms with E-state index in [9.17, 15) is 9.59 Å². The number of ether oxygens (including phenoxy) is 1. The Bertz CT molecular complexity index is 531. The Kier molecular flexibility index (Phi) is 4.61. The molecule has 0 radical (unpaired) electrons. The van der Waals surface area contributed by atoms with Gasteiger partial charge in [-0.15, -0.1) is 0 Å². The number of rotatable bonds is 4. The van der Waals surface area contributed by atoms with E-state index in [-0.39, 0.29) is 11.8 Å². The number of aromatic amines is 1. The van der Waals surface area contributed by atoms with Gasteiger partial charge in [-0.3, -0.25) is 4.79 Å². The summed E-state index contributed by atoms with van der Waals surface area (Å²) < 4.78 is 5.01. The summed E-state index contributed by atoms with van der Waals surface area (Å²) in [6, 6.07) is 0. The molecular formula is C15H20N2O3. The van der Waals surface area contributed by atoms with Gasteiger partial charge in [0.25, 0.3) is 0 Å². The van der Waals surface area contributed by atoms with Crippen LogP contribution in [0.2, 0.25) is 0 Å². The molecule has 1 aromatic rings. The topological polar surface area (TPSA) is 71.2 Å². The molecule has 1 aromatic heterocycles. The van der Waals surface area contributed by atoms with E-state index in [1.165, 1.54) is 0 Å². The molecule has 1 aliphatic rings. The molecule has 5 nitrogen and oxygen atoms in total. The van der Waals surface area contributed by atoms with Crippen LogP contribution in [0.4, 0.5) is 5.69 Å². The SMILES string of the molecule is CCOC(=O)c1c(NC(=O)C2CC=CCC2)c[nH]c1C. The van der Waals surface area contributed by atoms with Crippen molar-refractivity contribution in [1.82, 2.24) is 4.98 Å². The summed E-state index contributed by atoms with van der Waals surface area (Å²) in [5.74, 6) is -0.478. The van der Waals surface area contributed by atoms with Crippen molar-refractivity contribution in [3.63, 3.8) is 0 Å². The number of anilines is 1. The summed E-state index contributed by atoms with van der Waals surface area (Å²) in [5, 5.41) is 2.84. The third-order valence-corrected chi connectivity index (χ3v) is 3.45. The zero-order valence-electron chi connectivity index (χ0n) is 11.9.